The summed E-state index contributed by atoms with van der Waals surface area (Å²) in [5, 5.41) is 6.82. The van der Waals surface area contributed by atoms with Gasteiger partial charge in [-0.15, -0.1) is 0 Å². The van der Waals surface area contributed by atoms with Crippen LogP contribution in [0.5, 0.6) is 0 Å². The van der Waals surface area contributed by atoms with Gasteiger partial charge in [0, 0.05) is 26.2 Å². The standard InChI is InChI=1S/C19H38N4O/c1-4-20-18(22-16-19(3)10-8-14-24-19)21-11-5-6-12-23-13-7-9-17(2)15-23/h17H,4-16H2,1-3H3,(H2,20,21,22). The van der Waals surface area contributed by atoms with E-state index in [9.17, 15) is 0 Å². The number of piperidine rings is 1. The molecule has 0 amide bonds. The first-order valence-electron chi connectivity index (χ1n) is 10.00. The van der Waals surface area contributed by atoms with Crippen LogP contribution in [0.1, 0.15) is 59.3 Å². The van der Waals surface area contributed by atoms with Crippen LogP contribution in [0.3, 0.4) is 0 Å². The molecule has 2 N–H and O–H groups in total. The minimum atomic E-state index is -0.0622. The van der Waals surface area contributed by atoms with Crippen LogP contribution < -0.4 is 10.6 Å². The number of likely N-dealkylation sites (tertiary alicyclic amines) is 1. The minimum absolute atomic E-state index is 0.0622. The van der Waals surface area contributed by atoms with Crippen LogP contribution in [0.4, 0.5) is 0 Å². The van der Waals surface area contributed by atoms with Crippen molar-refractivity contribution in [2.75, 3.05) is 45.9 Å². The van der Waals surface area contributed by atoms with Gasteiger partial charge >= 0.3 is 0 Å². The smallest absolute Gasteiger partial charge is 0.191 e. The van der Waals surface area contributed by atoms with Crippen LogP contribution in [0.25, 0.3) is 0 Å². The molecular weight excluding hydrogens is 300 g/mol. The zero-order valence-corrected chi connectivity index (χ0v) is 16.1. The Bertz CT molecular complexity index is 380. The molecule has 2 fully saturated rings. The average molecular weight is 339 g/mol. The summed E-state index contributed by atoms with van der Waals surface area (Å²) in [6, 6.07) is 0. The number of unbranched alkanes of at least 4 members (excludes halogenated alkanes) is 1. The Balaban J connectivity index is 1.62. The van der Waals surface area contributed by atoms with E-state index in [1.54, 1.807) is 0 Å². The van der Waals surface area contributed by atoms with Crippen molar-refractivity contribution in [2.45, 2.75) is 64.9 Å². The first-order valence-corrected chi connectivity index (χ1v) is 10.00. The third-order valence-corrected chi connectivity index (χ3v) is 5.15. The summed E-state index contributed by atoms with van der Waals surface area (Å²) in [5.74, 6) is 1.81. The van der Waals surface area contributed by atoms with Crippen molar-refractivity contribution in [1.82, 2.24) is 15.5 Å². The number of guanidine groups is 1. The number of nitrogens with zero attached hydrogens (tertiary/aromatic N) is 2. The Hall–Kier alpha value is -0.810. The van der Waals surface area contributed by atoms with Gasteiger partial charge in [-0.05, 0) is 71.4 Å². The van der Waals surface area contributed by atoms with Crippen molar-refractivity contribution in [3.05, 3.63) is 0 Å². The molecule has 24 heavy (non-hydrogen) atoms. The van der Waals surface area contributed by atoms with Gasteiger partial charge in [0.15, 0.2) is 5.96 Å². The van der Waals surface area contributed by atoms with Gasteiger partial charge in [-0.1, -0.05) is 6.92 Å². The predicted octanol–water partition coefficient (Wildman–Crippen LogP) is 2.62. The van der Waals surface area contributed by atoms with Gasteiger partial charge in [-0.3, -0.25) is 4.99 Å². The monoisotopic (exact) mass is 338 g/mol. The maximum Gasteiger partial charge on any atom is 0.191 e. The molecule has 0 aliphatic carbocycles. The second-order valence-electron chi connectivity index (χ2n) is 7.78. The van der Waals surface area contributed by atoms with Gasteiger partial charge in [-0.25, -0.2) is 0 Å². The lowest BCUT2D eigenvalue weighted by atomic mass is 10.0. The quantitative estimate of drug-likeness (QED) is 0.406. The van der Waals surface area contributed by atoms with Crippen molar-refractivity contribution in [1.29, 1.82) is 0 Å². The van der Waals surface area contributed by atoms with E-state index < -0.39 is 0 Å². The Morgan fingerprint density at radius 2 is 2.17 bits per heavy atom. The van der Waals surface area contributed by atoms with Crippen molar-refractivity contribution in [3.63, 3.8) is 0 Å². The average Bonchev–Trinajstić information content (AvgIpc) is 2.99. The van der Waals surface area contributed by atoms with Gasteiger partial charge in [0.1, 0.15) is 0 Å². The summed E-state index contributed by atoms with van der Waals surface area (Å²) >= 11 is 0. The van der Waals surface area contributed by atoms with Gasteiger partial charge in [0.05, 0.1) is 12.1 Å². The van der Waals surface area contributed by atoms with Crippen molar-refractivity contribution < 1.29 is 4.74 Å². The SMILES string of the molecule is CCNC(=NCC1(C)CCCO1)NCCCCN1CCCC(C)C1. The predicted molar refractivity (Wildman–Crippen MR) is 102 cm³/mol. The molecule has 2 rings (SSSR count). The molecule has 5 heteroatoms. The molecule has 0 aromatic carbocycles. The molecule has 0 radical (unpaired) electrons. The van der Waals surface area contributed by atoms with E-state index in [1.165, 1.54) is 45.3 Å². The molecule has 0 saturated carbocycles. The van der Waals surface area contributed by atoms with E-state index in [2.05, 4.69) is 36.3 Å². The number of hydrogen-bond donors (Lipinski definition) is 2. The highest BCUT2D eigenvalue weighted by Crippen LogP contribution is 2.25. The van der Waals surface area contributed by atoms with E-state index in [4.69, 9.17) is 9.73 Å². The molecule has 0 aromatic rings. The third-order valence-electron chi connectivity index (χ3n) is 5.15. The molecule has 0 aromatic heterocycles. The van der Waals surface area contributed by atoms with E-state index in [0.717, 1.165) is 51.0 Å². The number of nitrogens with one attached hydrogen (secondary N) is 2. The summed E-state index contributed by atoms with van der Waals surface area (Å²) in [6.45, 7) is 14.0. The molecule has 2 aliphatic heterocycles. The Morgan fingerprint density at radius 3 is 2.88 bits per heavy atom. The molecule has 2 aliphatic rings. The summed E-state index contributed by atoms with van der Waals surface area (Å²) < 4.78 is 5.82. The lowest BCUT2D eigenvalue weighted by molar-refractivity contribution is 0.0283. The maximum atomic E-state index is 5.82. The highest BCUT2D eigenvalue weighted by Gasteiger charge is 2.29. The molecule has 2 atom stereocenters. The number of aliphatic imine (C=N–C) groups is 1. The fourth-order valence-corrected chi connectivity index (χ4v) is 3.71. The summed E-state index contributed by atoms with van der Waals surface area (Å²) in [6.07, 6.45) is 7.51. The lowest BCUT2D eigenvalue weighted by Crippen LogP contribution is -2.40. The largest absolute Gasteiger partial charge is 0.373 e. The molecule has 0 bridgehead atoms. The minimum Gasteiger partial charge on any atom is -0.373 e. The topological polar surface area (TPSA) is 48.9 Å². The van der Waals surface area contributed by atoms with Crippen LogP contribution in [0.15, 0.2) is 4.99 Å². The Morgan fingerprint density at radius 1 is 1.29 bits per heavy atom. The Kier molecular flexibility index (Phi) is 8.33. The summed E-state index contributed by atoms with van der Waals surface area (Å²) in [5.41, 5.74) is -0.0622. The van der Waals surface area contributed by atoms with Crippen molar-refractivity contribution in [3.8, 4) is 0 Å². The zero-order chi connectivity index (χ0) is 17.3. The number of rotatable bonds is 8. The first kappa shape index (κ1) is 19.5. The van der Waals surface area contributed by atoms with E-state index >= 15 is 0 Å². The summed E-state index contributed by atoms with van der Waals surface area (Å²) in [4.78, 5) is 7.35. The molecule has 5 nitrogen and oxygen atoms in total. The normalized spacial score (nSPS) is 29.0. The van der Waals surface area contributed by atoms with Gasteiger partial charge < -0.3 is 20.3 Å². The molecule has 0 spiro atoms. The van der Waals surface area contributed by atoms with Crippen LogP contribution in [-0.4, -0.2) is 62.3 Å². The lowest BCUT2D eigenvalue weighted by Gasteiger charge is -2.30. The fourth-order valence-electron chi connectivity index (χ4n) is 3.71. The summed E-state index contributed by atoms with van der Waals surface area (Å²) in [7, 11) is 0. The van der Waals surface area contributed by atoms with Crippen LogP contribution >= 0.6 is 0 Å². The molecule has 140 valence electrons. The first-order chi connectivity index (χ1) is 11.6. The van der Waals surface area contributed by atoms with Crippen LogP contribution in [0, 0.1) is 5.92 Å². The van der Waals surface area contributed by atoms with E-state index in [1.807, 2.05) is 0 Å². The third kappa shape index (κ3) is 6.98. The highest BCUT2D eigenvalue weighted by molar-refractivity contribution is 5.79. The molecule has 2 heterocycles. The zero-order valence-electron chi connectivity index (χ0n) is 16.1. The molecule has 2 saturated heterocycles. The van der Waals surface area contributed by atoms with Crippen LogP contribution in [0.2, 0.25) is 0 Å². The van der Waals surface area contributed by atoms with Crippen molar-refractivity contribution in [2.24, 2.45) is 10.9 Å². The van der Waals surface area contributed by atoms with Gasteiger partial charge in [-0.2, -0.15) is 0 Å². The fraction of sp³-hybridized carbons (Fsp3) is 0.947. The van der Waals surface area contributed by atoms with E-state index in [0.29, 0.717) is 0 Å². The highest BCUT2D eigenvalue weighted by atomic mass is 16.5. The van der Waals surface area contributed by atoms with Crippen LogP contribution in [-0.2, 0) is 4.74 Å². The second-order valence-corrected chi connectivity index (χ2v) is 7.78. The second kappa shape index (κ2) is 10.2. The number of hydrogen-bond acceptors (Lipinski definition) is 3. The van der Waals surface area contributed by atoms with Gasteiger partial charge in [0.25, 0.3) is 0 Å². The Labute approximate surface area is 148 Å². The molecular formula is C19H38N4O. The molecule has 2 unspecified atom stereocenters. The van der Waals surface area contributed by atoms with E-state index in [-0.39, 0.29) is 5.60 Å². The van der Waals surface area contributed by atoms with Gasteiger partial charge in [0.2, 0.25) is 0 Å². The maximum absolute atomic E-state index is 5.82. The number of ether oxygens (including phenoxy) is 1. The van der Waals surface area contributed by atoms with Crippen molar-refractivity contribution >= 4 is 5.96 Å².